The Balaban J connectivity index is 2.71. The number of alkyl halides is 1. The Labute approximate surface area is 128 Å². The van der Waals surface area contributed by atoms with Gasteiger partial charge in [0.05, 0.1) is 11.6 Å². The average molecular weight is 363 g/mol. The molecular weight excluding hydrogens is 352 g/mol. The summed E-state index contributed by atoms with van der Waals surface area (Å²) < 4.78 is 29.1. The fourth-order valence-corrected chi connectivity index (χ4v) is 2.94. The molecule has 0 saturated carbocycles. The molecule has 0 aliphatic rings. The lowest BCUT2D eigenvalue weighted by Crippen LogP contribution is -2.06. The van der Waals surface area contributed by atoms with Gasteiger partial charge in [-0.05, 0) is 41.9 Å². The molecule has 20 heavy (non-hydrogen) atoms. The van der Waals surface area contributed by atoms with Gasteiger partial charge in [0, 0.05) is 27.5 Å². The zero-order valence-electron chi connectivity index (χ0n) is 10.8. The first-order chi connectivity index (χ1) is 9.36. The van der Waals surface area contributed by atoms with Gasteiger partial charge in [-0.1, -0.05) is 0 Å². The standard InChI is InChI=1S/C14H11BrClF2NO/c1-7-3-10(13(20)6-16)8(2)19(7)14-11(15)4-9(17)5-12(14)18/h3-5H,6H2,1-2H3. The molecule has 0 aliphatic carbocycles. The van der Waals surface area contributed by atoms with Crippen LogP contribution in [-0.4, -0.2) is 16.2 Å². The van der Waals surface area contributed by atoms with Gasteiger partial charge in [0.25, 0.3) is 0 Å². The van der Waals surface area contributed by atoms with E-state index in [0.717, 1.165) is 6.07 Å². The third-order valence-corrected chi connectivity index (χ3v) is 3.91. The van der Waals surface area contributed by atoms with Gasteiger partial charge < -0.3 is 4.57 Å². The van der Waals surface area contributed by atoms with Crippen LogP contribution in [0.2, 0.25) is 0 Å². The largest absolute Gasteiger partial charge is 0.314 e. The molecule has 1 aromatic heterocycles. The molecule has 0 saturated heterocycles. The summed E-state index contributed by atoms with van der Waals surface area (Å²) in [4.78, 5) is 11.7. The SMILES string of the molecule is Cc1cc(C(=O)CCl)c(C)n1-c1c(F)cc(F)cc1Br. The van der Waals surface area contributed by atoms with Crippen molar-refractivity contribution in [2.24, 2.45) is 0 Å². The molecule has 6 heteroatoms. The second-order valence-corrected chi connectivity index (χ2v) is 5.52. The number of benzene rings is 1. The highest BCUT2D eigenvalue weighted by Crippen LogP contribution is 2.30. The number of carbonyl (C=O) groups excluding carboxylic acids is 1. The second-order valence-electron chi connectivity index (χ2n) is 4.40. The van der Waals surface area contributed by atoms with Crippen LogP contribution in [0, 0.1) is 25.5 Å². The van der Waals surface area contributed by atoms with E-state index >= 15 is 0 Å². The predicted molar refractivity (Wildman–Crippen MR) is 77.9 cm³/mol. The molecule has 0 fully saturated rings. The highest BCUT2D eigenvalue weighted by atomic mass is 79.9. The van der Waals surface area contributed by atoms with Crippen LogP contribution in [-0.2, 0) is 0 Å². The van der Waals surface area contributed by atoms with E-state index in [-0.39, 0.29) is 21.8 Å². The lowest BCUT2D eigenvalue weighted by Gasteiger charge is -2.13. The minimum absolute atomic E-state index is 0.142. The number of halogens is 4. The van der Waals surface area contributed by atoms with E-state index in [9.17, 15) is 13.6 Å². The van der Waals surface area contributed by atoms with Gasteiger partial charge in [-0.3, -0.25) is 4.79 Å². The third-order valence-electron chi connectivity index (χ3n) is 3.06. The number of hydrogen-bond acceptors (Lipinski definition) is 1. The van der Waals surface area contributed by atoms with Crippen LogP contribution >= 0.6 is 27.5 Å². The van der Waals surface area contributed by atoms with E-state index < -0.39 is 11.6 Å². The van der Waals surface area contributed by atoms with Crippen LogP contribution in [0.4, 0.5) is 8.78 Å². The van der Waals surface area contributed by atoms with Crippen LogP contribution in [0.1, 0.15) is 21.7 Å². The van der Waals surface area contributed by atoms with Gasteiger partial charge in [0.15, 0.2) is 11.6 Å². The fraction of sp³-hybridized carbons (Fsp3) is 0.214. The zero-order chi connectivity index (χ0) is 15.0. The molecule has 0 atom stereocenters. The van der Waals surface area contributed by atoms with E-state index in [2.05, 4.69) is 15.9 Å². The van der Waals surface area contributed by atoms with Gasteiger partial charge in [0.2, 0.25) is 0 Å². The van der Waals surface area contributed by atoms with E-state index in [1.54, 1.807) is 24.5 Å². The van der Waals surface area contributed by atoms with Crippen molar-refractivity contribution in [1.82, 2.24) is 4.57 Å². The lowest BCUT2D eigenvalue weighted by molar-refractivity contribution is 0.102. The maximum atomic E-state index is 14.0. The van der Waals surface area contributed by atoms with Crippen molar-refractivity contribution < 1.29 is 13.6 Å². The second kappa shape index (κ2) is 5.66. The van der Waals surface area contributed by atoms with Crippen LogP contribution in [0.5, 0.6) is 0 Å². The normalized spacial score (nSPS) is 10.9. The molecule has 2 rings (SSSR count). The molecule has 0 radical (unpaired) electrons. The Morgan fingerprint density at radius 1 is 1.30 bits per heavy atom. The number of aryl methyl sites for hydroxylation is 1. The molecule has 106 valence electrons. The van der Waals surface area contributed by atoms with Crippen LogP contribution in [0.3, 0.4) is 0 Å². The number of aromatic nitrogens is 1. The highest BCUT2D eigenvalue weighted by molar-refractivity contribution is 9.10. The van der Waals surface area contributed by atoms with Crippen molar-refractivity contribution in [3.63, 3.8) is 0 Å². The van der Waals surface area contributed by atoms with Crippen LogP contribution in [0.15, 0.2) is 22.7 Å². The Kier molecular flexibility index (Phi) is 4.30. The molecule has 2 nitrogen and oxygen atoms in total. The summed E-state index contributed by atoms with van der Waals surface area (Å²) in [7, 11) is 0. The maximum Gasteiger partial charge on any atom is 0.179 e. The van der Waals surface area contributed by atoms with E-state index in [1.165, 1.54) is 6.07 Å². The topological polar surface area (TPSA) is 22.0 Å². The molecule has 0 bridgehead atoms. The van der Waals surface area contributed by atoms with Crippen molar-refractivity contribution in [2.45, 2.75) is 13.8 Å². The summed E-state index contributed by atoms with van der Waals surface area (Å²) in [6, 6.07) is 3.64. The quantitative estimate of drug-likeness (QED) is 0.580. The highest BCUT2D eigenvalue weighted by Gasteiger charge is 2.20. The molecule has 0 unspecified atom stereocenters. The first kappa shape index (κ1) is 15.2. The first-order valence-corrected chi connectivity index (χ1v) is 7.12. The van der Waals surface area contributed by atoms with Crippen molar-refractivity contribution in [3.05, 3.63) is 51.3 Å². The van der Waals surface area contributed by atoms with Crippen molar-refractivity contribution in [2.75, 3.05) is 5.88 Å². The monoisotopic (exact) mass is 361 g/mol. The first-order valence-electron chi connectivity index (χ1n) is 5.79. The van der Waals surface area contributed by atoms with Crippen molar-refractivity contribution >= 4 is 33.3 Å². The van der Waals surface area contributed by atoms with Gasteiger partial charge in [-0.15, -0.1) is 11.6 Å². The smallest absolute Gasteiger partial charge is 0.179 e. The Bertz CT molecular complexity index is 674. The number of Topliss-reactive ketones (excluding diaryl/α,β-unsaturated/α-hetero) is 1. The molecular formula is C14H11BrClF2NO. The molecule has 0 amide bonds. The molecule has 0 spiro atoms. The summed E-state index contributed by atoms with van der Waals surface area (Å²) in [5, 5.41) is 0. The van der Waals surface area contributed by atoms with Gasteiger partial charge in [0.1, 0.15) is 5.82 Å². The number of carbonyl (C=O) groups is 1. The zero-order valence-corrected chi connectivity index (χ0v) is 13.1. The van der Waals surface area contributed by atoms with Gasteiger partial charge >= 0.3 is 0 Å². The van der Waals surface area contributed by atoms with Crippen LogP contribution < -0.4 is 0 Å². The number of hydrogen-bond donors (Lipinski definition) is 0. The van der Waals surface area contributed by atoms with Gasteiger partial charge in [-0.25, -0.2) is 8.78 Å². The fourth-order valence-electron chi connectivity index (χ4n) is 2.21. The molecule has 0 aliphatic heterocycles. The Morgan fingerprint density at radius 3 is 2.50 bits per heavy atom. The third kappa shape index (κ3) is 2.52. The number of nitrogens with zero attached hydrogens (tertiary/aromatic N) is 1. The maximum absolute atomic E-state index is 14.0. The molecule has 1 aromatic carbocycles. The minimum Gasteiger partial charge on any atom is -0.314 e. The van der Waals surface area contributed by atoms with Gasteiger partial charge in [-0.2, -0.15) is 0 Å². The van der Waals surface area contributed by atoms with Crippen LogP contribution in [0.25, 0.3) is 5.69 Å². The average Bonchev–Trinajstić information content (AvgIpc) is 2.65. The summed E-state index contributed by atoms with van der Waals surface area (Å²) in [6.07, 6.45) is 0. The predicted octanol–water partition coefficient (Wildman–Crippen LogP) is 4.56. The summed E-state index contributed by atoms with van der Waals surface area (Å²) >= 11 is 8.71. The Hall–Kier alpha value is -1.20. The van der Waals surface area contributed by atoms with E-state index in [4.69, 9.17) is 11.6 Å². The molecule has 2 aromatic rings. The number of ketones is 1. The van der Waals surface area contributed by atoms with E-state index in [1.807, 2.05) is 0 Å². The van der Waals surface area contributed by atoms with Crippen molar-refractivity contribution in [3.8, 4) is 5.69 Å². The molecule has 0 N–H and O–H groups in total. The summed E-state index contributed by atoms with van der Waals surface area (Å²) in [5.41, 5.74) is 1.85. The van der Waals surface area contributed by atoms with E-state index in [0.29, 0.717) is 17.0 Å². The summed E-state index contributed by atoms with van der Waals surface area (Å²) in [5.74, 6) is -1.75. The van der Waals surface area contributed by atoms with Crippen molar-refractivity contribution in [1.29, 1.82) is 0 Å². The number of rotatable bonds is 3. The molecule has 1 heterocycles. The lowest BCUT2D eigenvalue weighted by atomic mass is 10.2. The minimum atomic E-state index is -0.705. The summed E-state index contributed by atoms with van der Waals surface area (Å²) in [6.45, 7) is 3.44. The Morgan fingerprint density at radius 2 is 1.95 bits per heavy atom.